The minimum atomic E-state index is -0.362. The minimum Gasteiger partial charge on any atom is -0.390 e. The van der Waals surface area contributed by atoms with E-state index in [0.29, 0.717) is 0 Å². The molecule has 0 aliphatic rings. The number of rotatable bonds is 29. The van der Waals surface area contributed by atoms with Crippen molar-refractivity contribution in [1.29, 1.82) is 0 Å². The predicted molar refractivity (Wildman–Crippen MR) is 156 cm³/mol. The second-order valence-electron chi connectivity index (χ2n) is 11.6. The van der Waals surface area contributed by atoms with E-state index in [9.17, 15) is 5.11 Å². The van der Waals surface area contributed by atoms with Crippen molar-refractivity contribution in [2.24, 2.45) is 0 Å². The van der Waals surface area contributed by atoms with Gasteiger partial charge in [-0.15, -0.1) is 0 Å². The largest absolute Gasteiger partial charge is 0.390 e. The van der Waals surface area contributed by atoms with E-state index in [-0.39, 0.29) is 5.60 Å². The molecule has 0 aliphatic heterocycles. The predicted octanol–water partition coefficient (Wildman–Crippen LogP) is 12.1. The zero-order valence-corrected chi connectivity index (χ0v) is 24.5. The van der Waals surface area contributed by atoms with Crippen molar-refractivity contribution in [1.82, 2.24) is 0 Å². The lowest BCUT2D eigenvalue weighted by Crippen LogP contribution is -2.28. The minimum absolute atomic E-state index is 0.362. The molecular weight excluding hydrogens is 412 g/mol. The quantitative estimate of drug-likeness (QED) is 0.105. The molecule has 0 saturated heterocycles. The van der Waals surface area contributed by atoms with E-state index in [4.69, 9.17) is 0 Å². The lowest BCUT2D eigenvalue weighted by molar-refractivity contribution is 0.00788. The van der Waals surface area contributed by atoms with E-state index in [2.05, 4.69) is 20.8 Å². The molecule has 0 rings (SSSR count). The molecule has 1 N–H and O–H groups in total. The number of hydrogen-bond donors (Lipinski definition) is 1. The first kappa shape index (κ1) is 34.0. The molecule has 0 saturated carbocycles. The average molecular weight is 481 g/mol. The average Bonchev–Trinajstić information content (AvgIpc) is 2.84. The van der Waals surface area contributed by atoms with Crippen LogP contribution < -0.4 is 0 Å². The second-order valence-corrected chi connectivity index (χ2v) is 11.6. The van der Waals surface area contributed by atoms with Crippen LogP contribution in [0.25, 0.3) is 0 Å². The highest BCUT2D eigenvalue weighted by Gasteiger charge is 2.24. The van der Waals surface area contributed by atoms with E-state index >= 15 is 0 Å². The van der Waals surface area contributed by atoms with Gasteiger partial charge in [0.2, 0.25) is 0 Å². The molecule has 0 amide bonds. The maximum Gasteiger partial charge on any atom is 0.0647 e. The van der Waals surface area contributed by atoms with Crippen molar-refractivity contribution in [2.45, 2.75) is 213 Å². The summed E-state index contributed by atoms with van der Waals surface area (Å²) in [4.78, 5) is 0. The molecule has 0 bridgehead atoms. The van der Waals surface area contributed by atoms with E-state index in [1.54, 1.807) is 0 Å². The fourth-order valence-corrected chi connectivity index (χ4v) is 5.45. The Labute approximate surface area is 217 Å². The summed E-state index contributed by atoms with van der Waals surface area (Å²) in [5.74, 6) is 0. The highest BCUT2D eigenvalue weighted by Crippen LogP contribution is 2.28. The Morgan fingerprint density at radius 3 is 0.765 bits per heavy atom. The monoisotopic (exact) mass is 481 g/mol. The van der Waals surface area contributed by atoms with Gasteiger partial charge >= 0.3 is 0 Å². The smallest absolute Gasteiger partial charge is 0.0647 e. The Balaban J connectivity index is 3.29. The van der Waals surface area contributed by atoms with Crippen molar-refractivity contribution in [3.05, 3.63) is 0 Å². The Kier molecular flexibility index (Phi) is 27.5. The number of aliphatic hydroxyl groups is 1. The summed E-state index contributed by atoms with van der Waals surface area (Å²) in [6, 6.07) is 0. The molecule has 0 unspecified atom stereocenters. The third kappa shape index (κ3) is 25.1. The third-order valence-electron chi connectivity index (χ3n) is 7.99. The molecule has 1 nitrogen and oxygen atoms in total. The molecule has 0 fully saturated rings. The summed E-state index contributed by atoms with van der Waals surface area (Å²) >= 11 is 0. The van der Waals surface area contributed by atoms with Crippen molar-refractivity contribution < 1.29 is 5.11 Å². The lowest BCUT2D eigenvalue weighted by Gasteiger charge is -2.28. The van der Waals surface area contributed by atoms with Gasteiger partial charge < -0.3 is 5.11 Å². The molecule has 0 spiro atoms. The van der Waals surface area contributed by atoms with Crippen LogP contribution in [0.15, 0.2) is 0 Å². The Morgan fingerprint density at radius 1 is 0.294 bits per heavy atom. The van der Waals surface area contributed by atoms with Crippen LogP contribution in [0.4, 0.5) is 0 Å². The zero-order valence-electron chi connectivity index (χ0n) is 24.5. The summed E-state index contributed by atoms with van der Waals surface area (Å²) in [6.07, 6.45) is 39.4. The molecule has 0 atom stereocenters. The first-order valence-electron chi connectivity index (χ1n) is 16.4. The van der Waals surface area contributed by atoms with E-state index in [0.717, 1.165) is 19.3 Å². The Hall–Kier alpha value is -0.0400. The van der Waals surface area contributed by atoms with Gasteiger partial charge in [0.1, 0.15) is 0 Å². The van der Waals surface area contributed by atoms with Crippen LogP contribution in [0.5, 0.6) is 0 Å². The van der Waals surface area contributed by atoms with E-state index in [1.165, 1.54) is 167 Å². The molecule has 0 aromatic carbocycles. The van der Waals surface area contributed by atoms with Crippen molar-refractivity contribution in [3.63, 3.8) is 0 Å². The first-order chi connectivity index (χ1) is 16.7. The molecule has 1 heteroatoms. The topological polar surface area (TPSA) is 20.2 Å². The molecular formula is C33H68O. The molecule has 206 valence electrons. The SMILES string of the molecule is CCCCCCCCCCCCCCCCCCCCCCCCC(O)(CCCC)CCCC. The van der Waals surface area contributed by atoms with Crippen LogP contribution in [-0.2, 0) is 0 Å². The van der Waals surface area contributed by atoms with Crippen molar-refractivity contribution in [2.75, 3.05) is 0 Å². The van der Waals surface area contributed by atoms with Gasteiger partial charge in [-0.2, -0.15) is 0 Å². The molecule has 0 aliphatic carbocycles. The van der Waals surface area contributed by atoms with E-state index < -0.39 is 0 Å². The maximum atomic E-state index is 10.9. The van der Waals surface area contributed by atoms with Crippen LogP contribution in [0, 0.1) is 0 Å². The van der Waals surface area contributed by atoms with Gasteiger partial charge in [0.25, 0.3) is 0 Å². The van der Waals surface area contributed by atoms with Crippen LogP contribution in [0.3, 0.4) is 0 Å². The molecule has 0 aromatic rings. The lowest BCUT2D eigenvalue weighted by atomic mass is 9.86. The van der Waals surface area contributed by atoms with Gasteiger partial charge in [0, 0.05) is 0 Å². The molecule has 0 radical (unpaired) electrons. The normalized spacial score (nSPS) is 12.0. The fourth-order valence-electron chi connectivity index (χ4n) is 5.45. The first-order valence-corrected chi connectivity index (χ1v) is 16.4. The standard InChI is InChI=1S/C33H68O/c1-4-7-10-11-12-13-14-15-16-17-18-19-20-21-22-23-24-25-26-27-28-29-32-33(34,30-8-5-2)31-9-6-3/h34H,4-32H2,1-3H3. The summed E-state index contributed by atoms with van der Waals surface area (Å²) in [5, 5.41) is 10.9. The van der Waals surface area contributed by atoms with Crippen LogP contribution in [0.2, 0.25) is 0 Å². The summed E-state index contributed by atoms with van der Waals surface area (Å²) < 4.78 is 0. The van der Waals surface area contributed by atoms with Gasteiger partial charge in [-0.3, -0.25) is 0 Å². The third-order valence-corrected chi connectivity index (χ3v) is 7.99. The Morgan fingerprint density at radius 2 is 0.500 bits per heavy atom. The number of hydrogen-bond acceptors (Lipinski definition) is 1. The summed E-state index contributed by atoms with van der Waals surface area (Å²) in [6.45, 7) is 6.77. The fraction of sp³-hybridized carbons (Fsp3) is 1.00. The number of unbranched alkanes of at least 4 members (excludes halogenated alkanes) is 23. The van der Waals surface area contributed by atoms with Crippen molar-refractivity contribution in [3.8, 4) is 0 Å². The summed E-state index contributed by atoms with van der Waals surface area (Å²) in [7, 11) is 0. The van der Waals surface area contributed by atoms with Gasteiger partial charge in [-0.1, -0.05) is 188 Å². The Bertz CT molecular complexity index is 356. The van der Waals surface area contributed by atoms with E-state index in [1.807, 2.05) is 0 Å². The summed E-state index contributed by atoms with van der Waals surface area (Å²) in [5.41, 5.74) is -0.362. The van der Waals surface area contributed by atoms with Gasteiger partial charge in [-0.05, 0) is 19.3 Å². The highest BCUT2D eigenvalue weighted by molar-refractivity contribution is 4.78. The maximum absolute atomic E-state index is 10.9. The zero-order chi connectivity index (χ0) is 25.0. The van der Waals surface area contributed by atoms with Gasteiger partial charge in [0.05, 0.1) is 5.60 Å². The van der Waals surface area contributed by atoms with Crippen LogP contribution in [-0.4, -0.2) is 10.7 Å². The van der Waals surface area contributed by atoms with Gasteiger partial charge in [0.15, 0.2) is 0 Å². The molecule has 0 heterocycles. The second kappa shape index (κ2) is 27.5. The highest BCUT2D eigenvalue weighted by atomic mass is 16.3. The van der Waals surface area contributed by atoms with Crippen LogP contribution in [0.1, 0.15) is 207 Å². The van der Waals surface area contributed by atoms with Gasteiger partial charge in [-0.25, -0.2) is 0 Å². The van der Waals surface area contributed by atoms with Crippen LogP contribution >= 0.6 is 0 Å². The van der Waals surface area contributed by atoms with Crippen molar-refractivity contribution >= 4 is 0 Å². The molecule has 0 aromatic heterocycles. The molecule has 34 heavy (non-hydrogen) atoms.